The van der Waals surface area contributed by atoms with Crippen molar-refractivity contribution in [3.05, 3.63) is 42.0 Å². The van der Waals surface area contributed by atoms with Crippen molar-refractivity contribution >= 4 is 18.3 Å². The molecule has 0 radical (unpaired) electrons. The highest BCUT2D eigenvalue weighted by Crippen LogP contribution is 2.06. The molecule has 3 nitrogen and oxygen atoms in total. The van der Waals surface area contributed by atoms with Crippen molar-refractivity contribution in [1.82, 2.24) is 0 Å². The Labute approximate surface area is 82.4 Å². The van der Waals surface area contributed by atoms with Crippen LogP contribution in [-0.2, 0) is 11.3 Å². The number of aliphatic carboxylic acids is 1. The van der Waals surface area contributed by atoms with Crippen molar-refractivity contribution in [3.8, 4) is 0 Å². The van der Waals surface area contributed by atoms with Gasteiger partial charge in [0.05, 0.1) is 6.54 Å². The number of aliphatic imine (C=N–C) groups is 1. The zero-order chi connectivity index (χ0) is 10.4. The first-order valence-corrected chi connectivity index (χ1v) is 4.16. The van der Waals surface area contributed by atoms with Crippen LogP contribution in [0.1, 0.15) is 11.1 Å². The second kappa shape index (κ2) is 4.97. The van der Waals surface area contributed by atoms with Crippen LogP contribution in [0.3, 0.4) is 0 Å². The summed E-state index contributed by atoms with van der Waals surface area (Å²) in [6.45, 7) is 4.03. The van der Waals surface area contributed by atoms with Crippen LogP contribution in [0.15, 0.2) is 35.8 Å². The summed E-state index contributed by atoms with van der Waals surface area (Å²) in [4.78, 5) is 13.9. The fraction of sp³-hybridized carbons (Fsp3) is 0.0909. The zero-order valence-corrected chi connectivity index (χ0v) is 7.68. The molecule has 1 aromatic rings. The molecule has 0 unspecified atom stereocenters. The van der Waals surface area contributed by atoms with Gasteiger partial charge < -0.3 is 5.11 Å². The van der Waals surface area contributed by atoms with Crippen LogP contribution in [0.4, 0.5) is 0 Å². The first-order valence-electron chi connectivity index (χ1n) is 4.16. The Morgan fingerprint density at radius 1 is 1.43 bits per heavy atom. The van der Waals surface area contributed by atoms with Crippen molar-refractivity contribution in [1.29, 1.82) is 0 Å². The maximum atomic E-state index is 10.1. The SMILES string of the molecule is C=Cc1ccc(CN=CC(=O)O)cc1. The Morgan fingerprint density at radius 3 is 2.57 bits per heavy atom. The third-order valence-electron chi connectivity index (χ3n) is 1.69. The van der Waals surface area contributed by atoms with Gasteiger partial charge in [-0.3, -0.25) is 4.99 Å². The van der Waals surface area contributed by atoms with Crippen LogP contribution < -0.4 is 0 Å². The third-order valence-corrected chi connectivity index (χ3v) is 1.69. The van der Waals surface area contributed by atoms with E-state index < -0.39 is 5.97 Å². The summed E-state index contributed by atoms with van der Waals surface area (Å²) in [6, 6.07) is 7.63. The van der Waals surface area contributed by atoms with Gasteiger partial charge in [-0.2, -0.15) is 0 Å². The number of rotatable bonds is 4. The molecular formula is C11H11NO2. The molecule has 0 aromatic heterocycles. The smallest absolute Gasteiger partial charge is 0.346 e. The van der Waals surface area contributed by atoms with Gasteiger partial charge in [-0.1, -0.05) is 36.9 Å². The average molecular weight is 189 g/mol. The Hall–Kier alpha value is -1.90. The summed E-state index contributed by atoms with van der Waals surface area (Å²) in [5.41, 5.74) is 2.02. The zero-order valence-electron chi connectivity index (χ0n) is 7.68. The minimum absolute atomic E-state index is 0.393. The van der Waals surface area contributed by atoms with Crippen LogP contribution in [0, 0.1) is 0 Å². The van der Waals surface area contributed by atoms with Crippen LogP contribution in [-0.4, -0.2) is 17.3 Å². The lowest BCUT2D eigenvalue weighted by Crippen LogP contribution is -1.95. The van der Waals surface area contributed by atoms with Gasteiger partial charge in [-0.25, -0.2) is 4.79 Å². The molecule has 0 heterocycles. The van der Waals surface area contributed by atoms with Crippen molar-refractivity contribution in [2.45, 2.75) is 6.54 Å². The first kappa shape index (κ1) is 10.2. The molecule has 0 spiro atoms. The minimum atomic E-state index is -1.02. The third kappa shape index (κ3) is 3.23. The lowest BCUT2D eigenvalue weighted by atomic mass is 10.1. The van der Waals surface area contributed by atoms with Gasteiger partial charge in [-0.15, -0.1) is 0 Å². The minimum Gasteiger partial charge on any atom is -0.477 e. The monoisotopic (exact) mass is 189 g/mol. The summed E-state index contributed by atoms with van der Waals surface area (Å²) >= 11 is 0. The number of carboxylic acid groups (broad SMARTS) is 1. The predicted octanol–water partition coefficient (Wildman–Crippen LogP) is 1.99. The van der Waals surface area contributed by atoms with E-state index >= 15 is 0 Å². The Bertz CT molecular complexity index is 352. The van der Waals surface area contributed by atoms with E-state index in [1.165, 1.54) is 0 Å². The van der Waals surface area contributed by atoms with Crippen molar-refractivity contribution in [2.24, 2.45) is 4.99 Å². The van der Waals surface area contributed by atoms with Crippen molar-refractivity contribution in [3.63, 3.8) is 0 Å². The Kier molecular flexibility index (Phi) is 3.61. The number of hydrogen-bond donors (Lipinski definition) is 1. The predicted molar refractivity (Wildman–Crippen MR) is 56.4 cm³/mol. The van der Waals surface area contributed by atoms with E-state index in [4.69, 9.17) is 5.11 Å². The molecule has 3 heteroatoms. The molecule has 0 bridgehead atoms. The topological polar surface area (TPSA) is 49.7 Å². The second-order valence-electron chi connectivity index (χ2n) is 2.75. The number of hydrogen-bond acceptors (Lipinski definition) is 2. The highest BCUT2D eigenvalue weighted by atomic mass is 16.4. The van der Waals surface area contributed by atoms with Gasteiger partial charge in [0, 0.05) is 0 Å². The van der Waals surface area contributed by atoms with Gasteiger partial charge in [0.25, 0.3) is 0 Å². The van der Waals surface area contributed by atoms with Crippen molar-refractivity contribution < 1.29 is 9.90 Å². The Balaban J connectivity index is 2.60. The molecule has 1 rings (SSSR count). The molecule has 0 saturated carbocycles. The van der Waals surface area contributed by atoms with Crippen LogP contribution >= 0.6 is 0 Å². The molecule has 0 aliphatic carbocycles. The van der Waals surface area contributed by atoms with E-state index in [0.717, 1.165) is 17.3 Å². The van der Waals surface area contributed by atoms with E-state index in [0.29, 0.717) is 6.54 Å². The lowest BCUT2D eigenvalue weighted by Gasteiger charge is -1.96. The molecule has 0 saturated heterocycles. The summed E-state index contributed by atoms with van der Waals surface area (Å²) in [7, 11) is 0. The maximum Gasteiger partial charge on any atom is 0.346 e. The summed E-state index contributed by atoms with van der Waals surface area (Å²) in [5.74, 6) is -1.02. The maximum absolute atomic E-state index is 10.1. The van der Waals surface area contributed by atoms with Gasteiger partial charge in [-0.05, 0) is 11.1 Å². The molecule has 0 atom stereocenters. The van der Waals surface area contributed by atoms with Gasteiger partial charge in [0.2, 0.25) is 0 Å². The highest BCUT2D eigenvalue weighted by Gasteiger charge is 1.91. The van der Waals surface area contributed by atoms with Gasteiger partial charge in [0.15, 0.2) is 0 Å². The molecular weight excluding hydrogens is 178 g/mol. The molecule has 0 amide bonds. The number of carbonyl (C=O) groups is 1. The summed E-state index contributed by atoms with van der Waals surface area (Å²) < 4.78 is 0. The van der Waals surface area contributed by atoms with Crippen LogP contribution in [0.5, 0.6) is 0 Å². The Morgan fingerprint density at radius 2 is 2.07 bits per heavy atom. The lowest BCUT2D eigenvalue weighted by molar-refractivity contribution is -0.128. The summed E-state index contributed by atoms with van der Waals surface area (Å²) in [5, 5.41) is 8.31. The molecule has 0 aliphatic heterocycles. The van der Waals surface area contributed by atoms with E-state index in [1.54, 1.807) is 6.08 Å². The standard InChI is InChI=1S/C11H11NO2/c1-2-9-3-5-10(6-4-9)7-12-8-11(13)14/h2-6,8H,1,7H2,(H,13,14). The number of carboxylic acids is 1. The van der Waals surface area contributed by atoms with Crippen LogP contribution in [0.25, 0.3) is 6.08 Å². The fourth-order valence-corrected chi connectivity index (χ4v) is 0.988. The second-order valence-corrected chi connectivity index (χ2v) is 2.75. The highest BCUT2D eigenvalue weighted by molar-refractivity contribution is 6.21. The molecule has 1 N–H and O–H groups in total. The average Bonchev–Trinajstić information content (AvgIpc) is 2.18. The molecule has 72 valence electrons. The van der Waals surface area contributed by atoms with E-state index in [1.807, 2.05) is 24.3 Å². The molecule has 14 heavy (non-hydrogen) atoms. The number of benzene rings is 1. The van der Waals surface area contributed by atoms with E-state index in [9.17, 15) is 4.79 Å². The van der Waals surface area contributed by atoms with Crippen molar-refractivity contribution in [2.75, 3.05) is 0 Å². The fourth-order valence-electron chi connectivity index (χ4n) is 0.988. The first-order chi connectivity index (χ1) is 6.72. The molecule has 0 fully saturated rings. The van der Waals surface area contributed by atoms with Crippen LogP contribution in [0.2, 0.25) is 0 Å². The van der Waals surface area contributed by atoms with E-state index in [2.05, 4.69) is 11.6 Å². The molecule has 1 aromatic carbocycles. The van der Waals surface area contributed by atoms with Gasteiger partial charge in [0.1, 0.15) is 6.21 Å². The normalized spacial score (nSPS) is 10.3. The quantitative estimate of drug-likeness (QED) is 0.736. The van der Waals surface area contributed by atoms with E-state index in [-0.39, 0.29) is 0 Å². The number of nitrogens with zero attached hydrogens (tertiary/aromatic N) is 1. The van der Waals surface area contributed by atoms with Gasteiger partial charge >= 0.3 is 5.97 Å². The summed E-state index contributed by atoms with van der Waals surface area (Å²) in [6.07, 6.45) is 2.66. The molecule has 0 aliphatic rings. The largest absolute Gasteiger partial charge is 0.477 e.